The SMILES string of the molecule is Cc1nn(-c2ccc(F)cc2)c(C)c1/C=C/C(=O)OCC1CC1(Cl)Cl. The van der Waals surface area contributed by atoms with Crippen LogP contribution in [0.1, 0.15) is 23.4 Å². The van der Waals surface area contributed by atoms with Crippen LogP contribution in [0.4, 0.5) is 4.39 Å². The number of aryl methyl sites for hydroxylation is 1. The van der Waals surface area contributed by atoms with Crippen molar-refractivity contribution in [1.82, 2.24) is 9.78 Å². The van der Waals surface area contributed by atoms with Crippen molar-refractivity contribution in [3.05, 3.63) is 53.1 Å². The molecule has 0 radical (unpaired) electrons. The second kappa shape index (κ2) is 6.81. The van der Waals surface area contributed by atoms with Crippen LogP contribution < -0.4 is 0 Å². The van der Waals surface area contributed by atoms with Crippen molar-refractivity contribution >= 4 is 35.2 Å². The second-order valence-corrected chi connectivity index (χ2v) is 7.64. The van der Waals surface area contributed by atoms with Crippen molar-refractivity contribution in [3.63, 3.8) is 0 Å². The molecule has 4 nitrogen and oxygen atoms in total. The molecule has 1 unspecified atom stereocenters. The lowest BCUT2D eigenvalue weighted by Gasteiger charge is -2.04. The standard InChI is InChI=1S/C18H17Cl2FN2O2/c1-11-16(7-8-17(24)25-10-13-9-18(13,19)20)12(2)23(22-11)15-5-3-14(21)4-6-15/h3-8,13H,9-10H2,1-2H3/b8-7+. The third kappa shape index (κ3) is 4.05. The molecule has 0 aliphatic heterocycles. The van der Waals surface area contributed by atoms with Gasteiger partial charge >= 0.3 is 5.97 Å². The van der Waals surface area contributed by atoms with E-state index in [2.05, 4.69) is 5.10 Å². The van der Waals surface area contributed by atoms with Crippen molar-refractivity contribution in [3.8, 4) is 5.69 Å². The summed E-state index contributed by atoms with van der Waals surface area (Å²) in [5, 5.41) is 4.45. The van der Waals surface area contributed by atoms with Crippen LogP contribution in [0.3, 0.4) is 0 Å². The number of halogens is 3. The zero-order valence-electron chi connectivity index (χ0n) is 13.8. The van der Waals surface area contributed by atoms with Gasteiger partial charge in [0.2, 0.25) is 0 Å². The van der Waals surface area contributed by atoms with Gasteiger partial charge in [-0.2, -0.15) is 5.10 Å². The van der Waals surface area contributed by atoms with Gasteiger partial charge in [-0.1, -0.05) is 0 Å². The Hall–Kier alpha value is -1.85. The molecule has 7 heteroatoms. The Balaban J connectivity index is 1.70. The minimum atomic E-state index is -0.756. The van der Waals surface area contributed by atoms with Gasteiger partial charge in [-0.15, -0.1) is 23.2 Å². The Morgan fingerprint density at radius 2 is 2.04 bits per heavy atom. The van der Waals surface area contributed by atoms with Gasteiger partial charge in [0.1, 0.15) is 10.2 Å². The molecular weight excluding hydrogens is 366 g/mol. The molecule has 0 saturated heterocycles. The number of esters is 1. The van der Waals surface area contributed by atoms with Crippen molar-refractivity contribution in [2.24, 2.45) is 5.92 Å². The largest absolute Gasteiger partial charge is 0.462 e. The number of hydrogen-bond donors (Lipinski definition) is 0. The molecule has 1 heterocycles. The Bertz CT molecular complexity index is 828. The van der Waals surface area contributed by atoms with E-state index in [4.69, 9.17) is 27.9 Å². The first kappa shape index (κ1) is 18.0. The summed E-state index contributed by atoms with van der Waals surface area (Å²) in [4.78, 5) is 11.8. The van der Waals surface area contributed by atoms with E-state index in [1.54, 1.807) is 22.9 Å². The summed E-state index contributed by atoms with van der Waals surface area (Å²) in [6, 6.07) is 6.06. The molecule has 1 aliphatic rings. The van der Waals surface area contributed by atoms with Gasteiger partial charge in [-0.3, -0.25) is 0 Å². The van der Waals surface area contributed by atoms with Gasteiger partial charge in [0, 0.05) is 23.3 Å². The average molecular weight is 383 g/mol. The number of carbonyl (C=O) groups excluding carboxylic acids is 1. The highest BCUT2D eigenvalue weighted by Gasteiger charge is 2.52. The number of hydrogen-bond acceptors (Lipinski definition) is 3. The molecule has 0 N–H and O–H groups in total. The lowest BCUT2D eigenvalue weighted by molar-refractivity contribution is -0.138. The molecule has 1 saturated carbocycles. The van der Waals surface area contributed by atoms with Crippen LogP contribution in [0.25, 0.3) is 11.8 Å². The molecule has 1 aromatic heterocycles. The van der Waals surface area contributed by atoms with Crippen LogP contribution in [-0.4, -0.2) is 26.7 Å². The van der Waals surface area contributed by atoms with Crippen LogP contribution >= 0.6 is 23.2 Å². The normalized spacial score (nSPS) is 18.5. The molecule has 0 spiro atoms. The lowest BCUT2D eigenvalue weighted by atomic mass is 10.2. The topological polar surface area (TPSA) is 44.1 Å². The summed E-state index contributed by atoms with van der Waals surface area (Å²) in [5.41, 5.74) is 3.17. The summed E-state index contributed by atoms with van der Waals surface area (Å²) < 4.78 is 19.2. The van der Waals surface area contributed by atoms with Crippen molar-refractivity contribution in [1.29, 1.82) is 0 Å². The van der Waals surface area contributed by atoms with Crippen LogP contribution in [0, 0.1) is 25.6 Å². The highest BCUT2D eigenvalue weighted by atomic mass is 35.5. The number of aromatic nitrogens is 2. The lowest BCUT2D eigenvalue weighted by Crippen LogP contribution is -2.06. The average Bonchev–Trinajstić information content (AvgIpc) is 3.07. The van der Waals surface area contributed by atoms with Gasteiger partial charge in [0.15, 0.2) is 0 Å². The van der Waals surface area contributed by atoms with Crippen molar-refractivity contribution < 1.29 is 13.9 Å². The van der Waals surface area contributed by atoms with E-state index >= 15 is 0 Å². The molecule has 25 heavy (non-hydrogen) atoms. The predicted molar refractivity (Wildman–Crippen MR) is 95.5 cm³/mol. The molecule has 1 aromatic carbocycles. The van der Waals surface area contributed by atoms with E-state index in [1.807, 2.05) is 13.8 Å². The first-order valence-electron chi connectivity index (χ1n) is 7.83. The van der Waals surface area contributed by atoms with Gasteiger partial charge in [-0.25, -0.2) is 13.9 Å². The second-order valence-electron chi connectivity index (χ2n) is 6.10. The monoisotopic (exact) mass is 382 g/mol. The number of ether oxygens (including phenoxy) is 1. The van der Waals surface area contributed by atoms with Crippen LogP contribution in [0.2, 0.25) is 0 Å². The smallest absolute Gasteiger partial charge is 0.330 e. The third-order valence-corrected chi connectivity index (χ3v) is 5.11. The highest BCUT2D eigenvalue weighted by molar-refractivity contribution is 6.50. The van der Waals surface area contributed by atoms with E-state index < -0.39 is 10.3 Å². The Morgan fingerprint density at radius 3 is 2.64 bits per heavy atom. The molecule has 3 rings (SSSR count). The molecule has 1 atom stereocenters. The number of carbonyl (C=O) groups is 1. The molecule has 1 fully saturated rings. The maximum absolute atomic E-state index is 13.1. The van der Waals surface area contributed by atoms with Crippen molar-refractivity contribution in [2.45, 2.75) is 24.6 Å². The molecule has 0 bridgehead atoms. The molecule has 1 aliphatic carbocycles. The van der Waals surface area contributed by atoms with Crippen LogP contribution in [0.15, 0.2) is 30.3 Å². The predicted octanol–water partition coefficient (Wildman–Crippen LogP) is 4.38. The fourth-order valence-corrected chi connectivity index (χ4v) is 3.06. The summed E-state index contributed by atoms with van der Waals surface area (Å²) >= 11 is 11.8. The summed E-state index contributed by atoms with van der Waals surface area (Å²) in [7, 11) is 0. The first-order chi connectivity index (χ1) is 11.8. The fraction of sp³-hybridized carbons (Fsp3) is 0.333. The van der Waals surface area contributed by atoms with Crippen LogP contribution in [-0.2, 0) is 9.53 Å². The number of alkyl halides is 2. The molecular formula is C18H17Cl2FN2O2. The summed E-state index contributed by atoms with van der Waals surface area (Å²) in [6.07, 6.45) is 3.66. The zero-order chi connectivity index (χ0) is 18.2. The number of benzene rings is 1. The van der Waals surface area contributed by atoms with E-state index in [9.17, 15) is 9.18 Å². The summed E-state index contributed by atoms with van der Waals surface area (Å²) in [6.45, 7) is 3.94. The third-order valence-electron chi connectivity index (χ3n) is 4.19. The van der Waals surface area contributed by atoms with Gasteiger partial charge < -0.3 is 4.74 Å². The molecule has 2 aromatic rings. The summed E-state index contributed by atoms with van der Waals surface area (Å²) in [5.74, 6) is -0.760. The minimum Gasteiger partial charge on any atom is -0.462 e. The van der Waals surface area contributed by atoms with E-state index in [0.717, 1.165) is 22.6 Å². The van der Waals surface area contributed by atoms with Crippen LogP contribution in [0.5, 0.6) is 0 Å². The van der Waals surface area contributed by atoms with E-state index in [0.29, 0.717) is 6.42 Å². The Labute approximate surface area is 155 Å². The maximum atomic E-state index is 13.1. The van der Waals surface area contributed by atoms with E-state index in [-0.39, 0.29) is 18.3 Å². The maximum Gasteiger partial charge on any atom is 0.330 e. The number of nitrogens with zero attached hydrogens (tertiary/aromatic N) is 2. The quantitative estimate of drug-likeness (QED) is 0.437. The van der Waals surface area contributed by atoms with Gasteiger partial charge in [0.25, 0.3) is 0 Å². The molecule has 0 amide bonds. The highest BCUT2D eigenvalue weighted by Crippen LogP contribution is 2.53. The Morgan fingerprint density at radius 1 is 1.40 bits per heavy atom. The first-order valence-corrected chi connectivity index (χ1v) is 8.58. The number of rotatable bonds is 5. The van der Waals surface area contributed by atoms with E-state index in [1.165, 1.54) is 18.2 Å². The minimum absolute atomic E-state index is 0.00196. The van der Waals surface area contributed by atoms with Crippen molar-refractivity contribution in [2.75, 3.05) is 6.61 Å². The van der Waals surface area contributed by atoms with Gasteiger partial charge in [-0.05, 0) is 50.6 Å². The Kier molecular flexibility index (Phi) is 4.89. The molecule has 132 valence electrons. The van der Waals surface area contributed by atoms with Gasteiger partial charge in [0.05, 0.1) is 18.0 Å². The fourth-order valence-electron chi connectivity index (χ4n) is 2.56. The zero-order valence-corrected chi connectivity index (χ0v) is 15.3.